The summed E-state index contributed by atoms with van der Waals surface area (Å²) in [6, 6.07) is 6.83. The van der Waals surface area contributed by atoms with E-state index in [0.717, 1.165) is 42.6 Å². The van der Waals surface area contributed by atoms with Crippen LogP contribution in [0.2, 0.25) is 0 Å². The molecule has 2 heterocycles. The van der Waals surface area contributed by atoms with E-state index < -0.39 is 0 Å². The predicted octanol–water partition coefficient (Wildman–Crippen LogP) is 0.926. The van der Waals surface area contributed by atoms with Crippen molar-refractivity contribution in [2.45, 2.75) is 0 Å². The van der Waals surface area contributed by atoms with E-state index in [1.165, 1.54) is 6.07 Å². The van der Waals surface area contributed by atoms with Gasteiger partial charge in [0.05, 0.1) is 5.56 Å². The van der Waals surface area contributed by atoms with Crippen LogP contribution >= 0.6 is 15.9 Å². The second kappa shape index (κ2) is 7.25. The number of pyridine rings is 1. The fourth-order valence-electron chi connectivity index (χ4n) is 2.77. The van der Waals surface area contributed by atoms with Crippen LogP contribution in [0.1, 0.15) is 10.4 Å². The molecule has 0 saturated carbocycles. The van der Waals surface area contributed by atoms with Crippen molar-refractivity contribution in [3.8, 4) is 0 Å². The topological polar surface area (TPSA) is 77.2 Å². The molecule has 1 aromatic heterocycles. The van der Waals surface area contributed by atoms with Gasteiger partial charge in [-0.05, 0) is 18.2 Å². The van der Waals surface area contributed by atoms with E-state index >= 15 is 0 Å². The molecule has 1 fully saturated rings. The van der Waals surface area contributed by atoms with Crippen molar-refractivity contribution in [1.82, 2.24) is 20.5 Å². The first kappa shape index (κ1) is 16.2. The maximum Gasteiger partial charge on any atom is 0.252 e. The number of benzene rings is 1. The van der Waals surface area contributed by atoms with Crippen molar-refractivity contribution < 1.29 is 4.79 Å². The normalized spacial score (nSPS) is 15.7. The summed E-state index contributed by atoms with van der Waals surface area (Å²) < 4.78 is 0.868. The fourth-order valence-corrected chi connectivity index (χ4v) is 3.13. The minimum absolute atomic E-state index is 0.214. The zero-order valence-electron chi connectivity index (χ0n) is 12.7. The largest absolute Gasteiger partial charge is 0.351 e. The Morgan fingerprint density at radius 1 is 1.26 bits per heavy atom. The van der Waals surface area contributed by atoms with Gasteiger partial charge in [0.2, 0.25) is 5.56 Å². The third kappa shape index (κ3) is 3.99. The van der Waals surface area contributed by atoms with Gasteiger partial charge in [-0.1, -0.05) is 15.9 Å². The summed E-state index contributed by atoms with van der Waals surface area (Å²) in [4.78, 5) is 29.3. The number of amides is 1. The van der Waals surface area contributed by atoms with Crippen molar-refractivity contribution in [3.05, 3.63) is 44.7 Å². The SMILES string of the molecule is O=C(NCCN1CCNCC1)c1cc(=O)[nH]c2ccc(Br)cc12. The van der Waals surface area contributed by atoms with Crippen molar-refractivity contribution in [3.63, 3.8) is 0 Å². The van der Waals surface area contributed by atoms with Crippen LogP contribution in [0.15, 0.2) is 33.5 Å². The van der Waals surface area contributed by atoms with Crippen LogP contribution in [0.4, 0.5) is 0 Å². The third-order valence-electron chi connectivity index (χ3n) is 3.97. The van der Waals surface area contributed by atoms with Crippen LogP contribution in [0, 0.1) is 0 Å². The van der Waals surface area contributed by atoms with Crippen molar-refractivity contribution in [2.24, 2.45) is 0 Å². The first-order chi connectivity index (χ1) is 11.1. The minimum atomic E-state index is -0.271. The number of carbonyl (C=O) groups is 1. The molecule has 3 N–H and O–H groups in total. The van der Waals surface area contributed by atoms with Gasteiger partial charge in [-0.25, -0.2) is 0 Å². The molecule has 1 amide bonds. The molecule has 122 valence electrons. The summed E-state index contributed by atoms with van der Waals surface area (Å²) >= 11 is 3.40. The molecular weight excluding hydrogens is 360 g/mol. The number of aromatic nitrogens is 1. The highest BCUT2D eigenvalue weighted by Crippen LogP contribution is 2.20. The second-order valence-electron chi connectivity index (χ2n) is 5.58. The van der Waals surface area contributed by atoms with E-state index in [1.807, 2.05) is 12.1 Å². The molecule has 0 spiro atoms. The number of halogens is 1. The van der Waals surface area contributed by atoms with Gasteiger partial charge in [0.15, 0.2) is 0 Å². The van der Waals surface area contributed by atoms with Crippen LogP contribution in [0.25, 0.3) is 10.9 Å². The van der Waals surface area contributed by atoms with Gasteiger partial charge in [0, 0.05) is 60.7 Å². The molecule has 1 saturated heterocycles. The lowest BCUT2D eigenvalue weighted by atomic mass is 10.1. The number of fused-ring (bicyclic) bond motifs is 1. The van der Waals surface area contributed by atoms with Crippen LogP contribution in [-0.4, -0.2) is 55.1 Å². The average Bonchev–Trinajstić information content (AvgIpc) is 2.55. The number of hydrogen-bond donors (Lipinski definition) is 3. The molecule has 0 radical (unpaired) electrons. The van der Waals surface area contributed by atoms with E-state index in [9.17, 15) is 9.59 Å². The summed E-state index contributed by atoms with van der Waals surface area (Å²) in [5.41, 5.74) is 0.797. The van der Waals surface area contributed by atoms with Gasteiger partial charge < -0.3 is 15.6 Å². The van der Waals surface area contributed by atoms with E-state index in [1.54, 1.807) is 6.07 Å². The Balaban J connectivity index is 1.72. The quantitative estimate of drug-likeness (QED) is 0.739. The molecule has 0 unspecified atom stereocenters. The van der Waals surface area contributed by atoms with Crippen LogP contribution in [0.3, 0.4) is 0 Å². The van der Waals surface area contributed by atoms with Crippen molar-refractivity contribution >= 4 is 32.7 Å². The van der Waals surface area contributed by atoms with Gasteiger partial charge in [-0.3, -0.25) is 14.5 Å². The highest BCUT2D eigenvalue weighted by molar-refractivity contribution is 9.10. The molecule has 0 atom stereocenters. The summed E-state index contributed by atoms with van der Waals surface area (Å²) in [6.07, 6.45) is 0. The smallest absolute Gasteiger partial charge is 0.252 e. The number of H-pyrrole nitrogens is 1. The molecule has 6 nitrogen and oxygen atoms in total. The molecule has 0 bridgehead atoms. The summed E-state index contributed by atoms with van der Waals surface area (Å²) in [6.45, 7) is 5.36. The Kier molecular flexibility index (Phi) is 5.09. The van der Waals surface area contributed by atoms with Gasteiger partial charge in [0.1, 0.15) is 0 Å². The molecule has 7 heteroatoms. The molecule has 1 aliphatic heterocycles. The standard InChI is InChI=1S/C16H19BrN4O2/c17-11-1-2-14-12(9-11)13(10-15(22)20-14)16(23)19-5-8-21-6-3-18-4-7-21/h1-2,9-10,18H,3-8H2,(H,19,23)(H,20,22). The summed E-state index contributed by atoms with van der Waals surface area (Å²) in [5, 5.41) is 6.95. The lowest BCUT2D eigenvalue weighted by Crippen LogP contribution is -2.46. The fraction of sp³-hybridized carbons (Fsp3) is 0.375. The number of piperazine rings is 1. The Morgan fingerprint density at radius 3 is 2.83 bits per heavy atom. The second-order valence-corrected chi connectivity index (χ2v) is 6.50. The number of nitrogens with zero attached hydrogens (tertiary/aromatic N) is 1. The molecular formula is C16H19BrN4O2. The molecule has 0 aliphatic carbocycles. The summed E-state index contributed by atoms with van der Waals surface area (Å²) in [5.74, 6) is -0.214. The molecule has 2 aromatic rings. The molecule has 3 rings (SSSR count). The molecule has 23 heavy (non-hydrogen) atoms. The van der Waals surface area contributed by atoms with E-state index in [0.29, 0.717) is 17.6 Å². The number of hydrogen-bond acceptors (Lipinski definition) is 4. The zero-order chi connectivity index (χ0) is 16.2. The van der Waals surface area contributed by atoms with E-state index in [2.05, 4.69) is 36.4 Å². The number of aromatic amines is 1. The van der Waals surface area contributed by atoms with Gasteiger partial charge in [0.25, 0.3) is 5.91 Å². The van der Waals surface area contributed by atoms with Crippen molar-refractivity contribution in [2.75, 3.05) is 39.3 Å². The average molecular weight is 379 g/mol. The number of carbonyl (C=O) groups excluding carboxylic acids is 1. The Labute approximate surface area is 142 Å². The summed E-state index contributed by atoms with van der Waals surface area (Å²) in [7, 11) is 0. The van der Waals surface area contributed by atoms with Gasteiger partial charge >= 0.3 is 0 Å². The Hall–Kier alpha value is -1.70. The van der Waals surface area contributed by atoms with Crippen LogP contribution in [0.5, 0.6) is 0 Å². The van der Waals surface area contributed by atoms with Gasteiger partial charge in [-0.2, -0.15) is 0 Å². The lowest BCUT2D eigenvalue weighted by Gasteiger charge is -2.27. The van der Waals surface area contributed by atoms with Crippen LogP contribution < -0.4 is 16.2 Å². The van der Waals surface area contributed by atoms with E-state index in [-0.39, 0.29) is 11.5 Å². The minimum Gasteiger partial charge on any atom is -0.351 e. The Morgan fingerprint density at radius 2 is 2.04 bits per heavy atom. The number of nitrogens with one attached hydrogen (secondary N) is 3. The highest BCUT2D eigenvalue weighted by atomic mass is 79.9. The van der Waals surface area contributed by atoms with Crippen molar-refractivity contribution in [1.29, 1.82) is 0 Å². The molecule has 1 aromatic carbocycles. The third-order valence-corrected chi connectivity index (χ3v) is 4.47. The monoisotopic (exact) mass is 378 g/mol. The first-order valence-corrected chi connectivity index (χ1v) is 8.46. The zero-order valence-corrected chi connectivity index (χ0v) is 14.3. The van der Waals surface area contributed by atoms with E-state index in [4.69, 9.17) is 0 Å². The number of rotatable bonds is 4. The lowest BCUT2D eigenvalue weighted by molar-refractivity contribution is 0.0948. The Bertz CT molecular complexity index is 768. The van der Waals surface area contributed by atoms with Gasteiger partial charge in [-0.15, -0.1) is 0 Å². The van der Waals surface area contributed by atoms with Crippen LogP contribution in [-0.2, 0) is 0 Å². The highest BCUT2D eigenvalue weighted by Gasteiger charge is 2.13. The predicted molar refractivity (Wildman–Crippen MR) is 93.9 cm³/mol. The first-order valence-electron chi connectivity index (χ1n) is 7.67. The molecule has 1 aliphatic rings. The maximum absolute atomic E-state index is 12.5. The maximum atomic E-state index is 12.5.